The minimum absolute atomic E-state index is 0. The van der Waals surface area contributed by atoms with Gasteiger partial charge in [-0.05, 0) is 6.92 Å². The second kappa shape index (κ2) is 8.06. The van der Waals surface area contributed by atoms with E-state index in [2.05, 4.69) is 0 Å². The van der Waals surface area contributed by atoms with E-state index >= 15 is 0 Å². The molecule has 0 rings (SSSR count). The van der Waals surface area contributed by atoms with E-state index in [1.165, 1.54) is 0 Å². The summed E-state index contributed by atoms with van der Waals surface area (Å²) in [6.45, 7) is 1.93. The quantitative estimate of drug-likeness (QED) is 0.590. The van der Waals surface area contributed by atoms with Gasteiger partial charge in [0.2, 0.25) is 0 Å². The van der Waals surface area contributed by atoms with E-state index in [0.717, 1.165) is 0 Å². The van der Waals surface area contributed by atoms with Gasteiger partial charge in [-0.1, -0.05) is 0 Å². The van der Waals surface area contributed by atoms with Crippen molar-refractivity contribution in [3.8, 4) is 0 Å². The second-order valence-electron chi connectivity index (χ2n) is 1.10. The van der Waals surface area contributed by atoms with E-state index in [1.54, 1.807) is 6.92 Å². The average molecular weight is 267 g/mol. The fraction of sp³-hybridized carbons (Fsp3) is 0.750. The van der Waals surface area contributed by atoms with Gasteiger partial charge in [0.1, 0.15) is 5.97 Å². The zero-order valence-corrected chi connectivity index (χ0v) is 6.89. The Morgan fingerprint density at radius 1 is 1.55 bits per heavy atom. The standard InChI is InChI=1S/C2HF3O2.C2H6O.Ag/c3-2(4,5)1(6)7;1-2-3;/h(H,6,7);3H,2H2,1H3;/q;;+1/p-1. The Hall–Kier alpha value is -0.0397. The Morgan fingerprint density at radius 2 is 1.64 bits per heavy atom. The Labute approximate surface area is 76.7 Å². The van der Waals surface area contributed by atoms with Gasteiger partial charge in [0.05, 0.1) is 0 Å². The number of carbonyl (C=O) groups is 1. The van der Waals surface area contributed by atoms with Gasteiger partial charge in [-0.25, -0.2) is 0 Å². The molecule has 1 N–H and O–H groups in total. The number of aliphatic hydroxyl groups is 1. The maximum absolute atomic E-state index is 10.5. The minimum atomic E-state index is -5.19. The zero-order chi connectivity index (χ0) is 8.78. The van der Waals surface area contributed by atoms with Crippen LogP contribution >= 0.6 is 0 Å². The third kappa shape index (κ3) is 17.8. The Morgan fingerprint density at radius 3 is 1.64 bits per heavy atom. The predicted molar refractivity (Wildman–Crippen MR) is 23.8 cm³/mol. The molecule has 0 aliphatic heterocycles. The molecule has 0 aromatic rings. The molecule has 0 fully saturated rings. The first kappa shape index (κ1) is 17.2. The van der Waals surface area contributed by atoms with Crippen LogP contribution in [0.5, 0.6) is 0 Å². The number of hydrogen-bond donors (Lipinski definition) is 1. The van der Waals surface area contributed by atoms with Crippen LogP contribution in [0.3, 0.4) is 0 Å². The number of hydrogen-bond acceptors (Lipinski definition) is 3. The number of carboxylic acid groups (broad SMARTS) is 1. The number of aliphatic hydroxyl groups excluding tert-OH is 1. The van der Waals surface area contributed by atoms with Crippen molar-refractivity contribution in [1.82, 2.24) is 0 Å². The average Bonchev–Trinajstić information content (AvgIpc) is 1.64. The number of carboxylic acids is 1. The Bertz CT molecular complexity index is 103. The molecule has 0 aromatic carbocycles. The monoisotopic (exact) mass is 266 g/mol. The van der Waals surface area contributed by atoms with Gasteiger partial charge in [-0.3, -0.25) is 0 Å². The summed E-state index contributed by atoms with van der Waals surface area (Å²) in [4.78, 5) is 8.78. The molecule has 0 heterocycles. The summed E-state index contributed by atoms with van der Waals surface area (Å²) in [7, 11) is 0. The van der Waals surface area contributed by atoms with Crippen LogP contribution in [-0.2, 0) is 27.2 Å². The van der Waals surface area contributed by atoms with E-state index in [0.29, 0.717) is 0 Å². The number of alkyl halides is 3. The van der Waals surface area contributed by atoms with Crippen molar-refractivity contribution in [1.29, 1.82) is 0 Å². The summed E-state index contributed by atoms with van der Waals surface area (Å²) in [5.41, 5.74) is 0. The predicted octanol–water partition coefficient (Wildman–Crippen LogP) is -0.705. The summed E-state index contributed by atoms with van der Waals surface area (Å²) in [6.07, 6.45) is -5.19. The fourth-order valence-electron chi connectivity index (χ4n) is 0. The number of aliphatic carboxylic acids is 1. The molecule has 0 bridgehead atoms. The molecule has 0 radical (unpaired) electrons. The molecule has 72 valence electrons. The zero-order valence-electron chi connectivity index (χ0n) is 5.41. The van der Waals surface area contributed by atoms with Gasteiger partial charge in [0, 0.05) is 6.61 Å². The molecule has 7 heteroatoms. The van der Waals surface area contributed by atoms with E-state index < -0.39 is 12.1 Å². The van der Waals surface area contributed by atoms with Crippen molar-refractivity contribution in [3.63, 3.8) is 0 Å². The van der Waals surface area contributed by atoms with Crippen LogP contribution < -0.4 is 5.11 Å². The summed E-state index contributed by atoms with van der Waals surface area (Å²) < 4.78 is 31.5. The van der Waals surface area contributed by atoms with Crippen molar-refractivity contribution < 1.29 is 50.6 Å². The summed E-state index contributed by atoms with van der Waals surface area (Å²) in [5, 5.41) is 16.4. The van der Waals surface area contributed by atoms with E-state index in [-0.39, 0.29) is 29.0 Å². The molecule has 11 heavy (non-hydrogen) atoms. The van der Waals surface area contributed by atoms with Crippen molar-refractivity contribution in [2.24, 2.45) is 0 Å². The molecule has 3 nitrogen and oxygen atoms in total. The smallest absolute Gasteiger partial charge is 0.542 e. The molecule has 0 saturated carbocycles. The molecule has 0 saturated heterocycles. The van der Waals surface area contributed by atoms with E-state index in [9.17, 15) is 13.2 Å². The summed E-state index contributed by atoms with van der Waals surface area (Å²) in [5.74, 6) is -3.01. The molecular weight excluding hydrogens is 261 g/mol. The third-order valence-corrected chi connectivity index (χ3v) is 0.231. The fourth-order valence-corrected chi connectivity index (χ4v) is 0. The SMILES string of the molecule is CCO.O=C([O-])C(F)(F)F.[Ag+]. The number of rotatable bonds is 0. The van der Waals surface area contributed by atoms with Crippen LogP contribution in [0.1, 0.15) is 6.92 Å². The second-order valence-corrected chi connectivity index (χ2v) is 1.10. The van der Waals surface area contributed by atoms with Crippen LogP contribution in [0.4, 0.5) is 13.2 Å². The van der Waals surface area contributed by atoms with Gasteiger partial charge in [0.25, 0.3) is 0 Å². The van der Waals surface area contributed by atoms with Gasteiger partial charge in [-0.15, -0.1) is 0 Å². The third-order valence-electron chi connectivity index (χ3n) is 0.231. The van der Waals surface area contributed by atoms with Crippen molar-refractivity contribution in [2.45, 2.75) is 13.1 Å². The molecule has 0 atom stereocenters. The molecule has 0 spiro atoms. The van der Waals surface area contributed by atoms with Crippen LogP contribution in [0.25, 0.3) is 0 Å². The van der Waals surface area contributed by atoms with Crippen LogP contribution in [-0.4, -0.2) is 23.9 Å². The van der Waals surface area contributed by atoms with Crippen molar-refractivity contribution in [3.05, 3.63) is 0 Å². The minimum Gasteiger partial charge on any atom is -0.542 e. The van der Waals surface area contributed by atoms with Gasteiger partial charge < -0.3 is 15.0 Å². The first-order valence-corrected chi connectivity index (χ1v) is 2.25. The molecular formula is C4H6AgF3O3. The first-order chi connectivity index (χ1) is 4.36. The largest absolute Gasteiger partial charge is 1.00 e. The maximum Gasteiger partial charge on any atom is 1.00 e. The molecule has 0 aromatic heterocycles. The maximum atomic E-state index is 10.5. The number of carbonyl (C=O) groups excluding carboxylic acids is 1. The van der Waals surface area contributed by atoms with Crippen LogP contribution in [0, 0.1) is 0 Å². The topological polar surface area (TPSA) is 60.4 Å². The van der Waals surface area contributed by atoms with Crippen LogP contribution in [0.2, 0.25) is 0 Å². The Balaban J connectivity index is -0.000000140. The normalized spacial score (nSPS) is 8.82. The Kier molecular flexibility index (Phi) is 12.6. The van der Waals surface area contributed by atoms with Crippen LogP contribution in [0.15, 0.2) is 0 Å². The summed E-state index contributed by atoms with van der Waals surface area (Å²) >= 11 is 0. The van der Waals surface area contributed by atoms with Crippen molar-refractivity contribution in [2.75, 3.05) is 6.61 Å². The molecule has 0 aliphatic carbocycles. The van der Waals surface area contributed by atoms with Gasteiger partial charge in [-0.2, -0.15) is 13.2 Å². The molecule has 0 amide bonds. The van der Waals surface area contributed by atoms with E-state index in [1.807, 2.05) is 0 Å². The summed E-state index contributed by atoms with van der Waals surface area (Å²) in [6, 6.07) is 0. The molecule has 0 unspecified atom stereocenters. The van der Waals surface area contributed by atoms with Gasteiger partial charge >= 0.3 is 28.6 Å². The molecule has 0 aliphatic rings. The van der Waals surface area contributed by atoms with Gasteiger partial charge in [0.15, 0.2) is 0 Å². The first-order valence-electron chi connectivity index (χ1n) is 2.25. The van der Waals surface area contributed by atoms with Crippen molar-refractivity contribution >= 4 is 5.97 Å². The number of halogens is 3. The van der Waals surface area contributed by atoms with E-state index in [4.69, 9.17) is 15.0 Å².